The zero-order valence-corrected chi connectivity index (χ0v) is 16.3. The molecule has 1 fully saturated rings. The second-order valence-electron chi connectivity index (χ2n) is 6.57. The Morgan fingerprint density at radius 2 is 1.75 bits per heavy atom. The molecule has 1 atom stereocenters. The van der Waals surface area contributed by atoms with Gasteiger partial charge in [-0.1, -0.05) is 18.2 Å². The molecule has 0 bridgehead atoms. The Balaban J connectivity index is 1.67. The van der Waals surface area contributed by atoms with Crippen molar-refractivity contribution in [2.45, 2.75) is 17.7 Å². The molecule has 1 saturated heterocycles. The predicted molar refractivity (Wildman–Crippen MR) is 104 cm³/mol. The maximum absolute atomic E-state index is 12.8. The van der Waals surface area contributed by atoms with Crippen molar-refractivity contribution in [1.29, 1.82) is 0 Å². The quantitative estimate of drug-likeness (QED) is 0.776. The number of piperidine rings is 1. The molecule has 2 aromatic carbocycles. The van der Waals surface area contributed by atoms with Gasteiger partial charge in [0.2, 0.25) is 15.9 Å². The van der Waals surface area contributed by atoms with Crippen molar-refractivity contribution in [3.8, 4) is 0 Å². The summed E-state index contributed by atoms with van der Waals surface area (Å²) in [7, 11) is -2.32. The molecule has 3 rings (SSSR count). The van der Waals surface area contributed by atoms with Gasteiger partial charge < -0.3 is 10.1 Å². The van der Waals surface area contributed by atoms with E-state index in [4.69, 9.17) is 0 Å². The standard InChI is InChI=1S/C20H22N2O5S/c1-27-20(24)15-9-11-17(12-10-15)21-19(23)16-6-5-13-22(14-16)28(25,26)18-7-3-2-4-8-18/h2-4,7-12,16H,5-6,13-14H2,1H3,(H,21,23)/t16-/m0/s1. The van der Waals surface area contributed by atoms with Gasteiger partial charge in [-0.25, -0.2) is 13.2 Å². The Morgan fingerprint density at radius 1 is 1.07 bits per heavy atom. The van der Waals surface area contributed by atoms with E-state index in [2.05, 4.69) is 10.1 Å². The summed E-state index contributed by atoms with van der Waals surface area (Å²) in [6.45, 7) is 0.540. The van der Waals surface area contributed by atoms with Crippen LogP contribution in [0.5, 0.6) is 0 Å². The van der Waals surface area contributed by atoms with Crippen LogP contribution in [0.3, 0.4) is 0 Å². The molecule has 0 saturated carbocycles. The van der Waals surface area contributed by atoms with E-state index in [0.29, 0.717) is 30.6 Å². The first-order chi connectivity index (χ1) is 13.4. The number of benzene rings is 2. The van der Waals surface area contributed by atoms with Gasteiger partial charge >= 0.3 is 5.97 Å². The van der Waals surface area contributed by atoms with Gasteiger partial charge in [0.1, 0.15) is 0 Å². The molecular weight excluding hydrogens is 380 g/mol. The third kappa shape index (κ3) is 4.40. The van der Waals surface area contributed by atoms with Crippen LogP contribution in [-0.4, -0.2) is 44.8 Å². The fourth-order valence-electron chi connectivity index (χ4n) is 3.17. The van der Waals surface area contributed by atoms with Crippen LogP contribution in [0.2, 0.25) is 0 Å². The molecule has 0 aliphatic carbocycles. The summed E-state index contributed by atoms with van der Waals surface area (Å²) in [5.74, 6) is -1.13. The van der Waals surface area contributed by atoms with E-state index < -0.39 is 21.9 Å². The zero-order valence-electron chi connectivity index (χ0n) is 15.5. The Morgan fingerprint density at radius 3 is 2.39 bits per heavy atom. The molecule has 0 spiro atoms. The average Bonchev–Trinajstić information content (AvgIpc) is 2.74. The van der Waals surface area contributed by atoms with Crippen LogP contribution in [0.1, 0.15) is 23.2 Å². The minimum absolute atomic E-state index is 0.142. The van der Waals surface area contributed by atoms with Gasteiger partial charge in [0.15, 0.2) is 0 Å². The number of sulfonamides is 1. The van der Waals surface area contributed by atoms with E-state index in [1.165, 1.54) is 11.4 Å². The number of ether oxygens (including phenoxy) is 1. The fourth-order valence-corrected chi connectivity index (χ4v) is 4.71. The summed E-state index contributed by atoms with van der Waals surface area (Å²) in [5, 5.41) is 2.80. The molecule has 2 aromatic rings. The molecule has 1 aliphatic heterocycles. The topological polar surface area (TPSA) is 92.8 Å². The monoisotopic (exact) mass is 402 g/mol. The second kappa shape index (κ2) is 8.53. The Labute approximate surface area is 164 Å². The van der Waals surface area contributed by atoms with Crippen LogP contribution in [0.15, 0.2) is 59.5 Å². The number of hydrogen-bond acceptors (Lipinski definition) is 5. The summed E-state index contributed by atoms with van der Waals surface area (Å²) in [6, 6.07) is 14.6. The van der Waals surface area contributed by atoms with Gasteiger partial charge in [0.05, 0.1) is 23.5 Å². The van der Waals surface area contributed by atoms with Crippen LogP contribution in [0.25, 0.3) is 0 Å². The predicted octanol–water partition coefficient (Wildman–Crippen LogP) is 2.51. The van der Waals surface area contributed by atoms with Crippen LogP contribution in [0.4, 0.5) is 5.69 Å². The molecule has 8 heteroatoms. The van der Waals surface area contributed by atoms with Gasteiger partial charge in [-0.15, -0.1) is 0 Å². The number of anilines is 1. The summed E-state index contributed by atoms with van der Waals surface area (Å²) in [5.41, 5.74) is 0.930. The molecule has 1 N–H and O–H groups in total. The first-order valence-corrected chi connectivity index (χ1v) is 10.4. The average molecular weight is 402 g/mol. The normalized spacial score (nSPS) is 17.7. The molecule has 148 valence electrons. The number of rotatable bonds is 5. The van der Waals surface area contributed by atoms with Crippen molar-refractivity contribution < 1.29 is 22.7 Å². The number of nitrogens with one attached hydrogen (secondary N) is 1. The van der Waals surface area contributed by atoms with Crippen molar-refractivity contribution in [2.75, 3.05) is 25.5 Å². The van der Waals surface area contributed by atoms with Gasteiger partial charge in [-0.2, -0.15) is 4.31 Å². The lowest BCUT2D eigenvalue weighted by molar-refractivity contribution is -0.120. The lowest BCUT2D eigenvalue weighted by Gasteiger charge is -2.31. The highest BCUT2D eigenvalue weighted by atomic mass is 32.2. The molecule has 1 amide bonds. The zero-order chi connectivity index (χ0) is 20.1. The van der Waals surface area contributed by atoms with Crippen molar-refractivity contribution in [3.63, 3.8) is 0 Å². The number of hydrogen-bond donors (Lipinski definition) is 1. The third-order valence-electron chi connectivity index (χ3n) is 4.71. The minimum atomic E-state index is -3.62. The Bertz CT molecular complexity index is 942. The minimum Gasteiger partial charge on any atom is -0.465 e. The second-order valence-corrected chi connectivity index (χ2v) is 8.51. The smallest absolute Gasteiger partial charge is 0.337 e. The van der Waals surface area contributed by atoms with Crippen molar-refractivity contribution in [3.05, 3.63) is 60.2 Å². The lowest BCUT2D eigenvalue weighted by Crippen LogP contribution is -2.43. The van der Waals surface area contributed by atoms with E-state index in [9.17, 15) is 18.0 Å². The number of esters is 1. The Kier molecular flexibility index (Phi) is 6.11. The van der Waals surface area contributed by atoms with Crippen LogP contribution < -0.4 is 5.32 Å². The molecule has 7 nitrogen and oxygen atoms in total. The molecule has 0 unspecified atom stereocenters. The number of nitrogens with zero attached hydrogens (tertiary/aromatic N) is 1. The largest absolute Gasteiger partial charge is 0.465 e. The molecule has 0 radical (unpaired) electrons. The van der Waals surface area contributed by atoms with Gasteiger partial charge in [0.25, 0.3) is 0 Å². The van der Waals surface area contributed by atoms with E-state index >= 15 is 0 Å². The van der Waals surface area contributed by atoms with Crippen LogP contribution in [-0.2, 0) is 19.6 Å². The highest BCUT2D eigenvalue weighted by Gasteiger charge is 2.33. The third-order valence-corrected chi connectivity index (χ3v) is 6.59. The van der Waals surface area contributed by atoms with Crippen LogP contribution >= 0.6 is 0 Å². The fraction of sp³-hybridized carbons (Fsp3) is 0.300. The number of carbonyl (C=O) groups is 2. The Hall–Kier alpha value is -2.71. The van der Waals surface area contributed by atoms with Crippen molar-refractivity contribution in [1.82, 2.24) is 4.31 Å². The first kappa shape index (κ1) is 20.0. The molecular formula is C20H22N2O5S. The molecule has 1 aliphatic rings. The van der Waals surface area contributed by atoms with Gasteiger partial charge in [-0.05, 0) is 49.2 Å². The van der Waals surface area contributed by atoms with Crippen molar-refractivity contribution >= 4 is 27.6 Å². The summed E-state index contributed by atoms with van der Waals surface area (Å²) in [4.78, 5) is 24.3. The molecule has 28 heavy (non-hydrogen) atoms. The van der Waals surface area contributed by atoms with Gasteiger partial charge in [-0.3, -0.25) is 4.79 Å². The number of amides is 1. The summed E-state index contributed by atoms with van der Waals surface area (Å²) < 4.78 is 31.6. The van der Waals surface area contributed by atoms with E-state index in [0.717, 1.165) is 0 Å². The van der Waals surface area contributed by atoms with E-state index in [1.54, 1.807) is 54.6 Å². The highest BCUT2D eigenvalue weighted by Crippen LogP contribution is 2.24. The van der Waals surface area contributed by atoms with Gasteiger partial charge in [0, 0.05) is 18.8 Å². The van der Waals surface area contributed by atoms with E-state index in [-0.39, 0.29) is 17.3 Å². The van der Waals surface area contributed by atoms with Crippen molar-refractivity contribution in [2.24, 2.45) is 5.92 Å². The lowest BCUT2D eigenvalue weighted by atomic mass is 9.98. The summed E-state index contributed by atoms with van der Waals surface area (Å²) >= 11 is 0. The number of methoxy groups -OCH3 is 1. The van der Waals surface area contributed by atoms with E-state index in [1.807, 2.05) is 0 Å². The number of carbonyl (C=O) groups excluding carboxylic acids is 2. The molecule has 1 heterocycles. The summed E-state index contributed by atoms with van der Waals surface area (Å²) in [6.07, 6.45) is 1.23. The highest BCUT2D eigenvalue weighted by molar-refractivity contribution is 7.89. The maximum Gasteiger partial charge on any atom is 0.337 e. The molecule has 0 aromatic heterocycles. The van der Waals surface area contributed by atoms with Crippen LogP contribution in [0, 0.1) is 5.92 Å². The first-order valence-electron chi connectivity index (χ1n) is 8.96. The SMILES string of the molecule is COC(=O)c1ccc(NC(=O)[C@H]2CCCN(S(=O)(=O)c3ccccc3)C2)cc1. The maximum atomic E-state index is 12.8.